The van der Waals surface area contributed by atoms with Gasteiger partial charge in [0, 0.05) is 29.2 Å². The first-order valence-electron chi connectivity index (χ1n) is 12.3. The van der Waals surface area contributed by atoms with Gasteiger partial charge in [0.05, 0.1) is 17.0 Å². The standard InChI is InChI=1S/C28H30N4O3S/c33-28-26(24-11-5-6-12-25(24)30-28)27(21-9-3-1-4-10-21)29-22-13-15-23(16-14-22)31-36(34,35)20-19-32-17-7-2-8-18-32/h1,3-6,9-16,29,31H,2,7-8,17-20H2,(H,30,33). The summed E-state index contributed by atoms with van der Waals surface area (Å²) in [6.45, 7) is 2.49. The number of anilines is 3. The summed E-state index contributed by atoms with van der Waals surface area (Å²) in [5, 5.41) is 6.34. The van der Waals surface area contributed by atoms with Gasteiger partial charge in [-0.1, -0.05) is 55.0 Å². The van der Waals surface area contributed by atoms with Crippen molar-refractivity contribution in [3.63, 3.8) is 0 Å². The van der Waals surface area contributed by atoms with Gasteiger partial charge in [0.25, 0.3) is 5.91 Å². The number of para-hydroxylation sites is 1. The van der Waals surface area contributed by atoms with Crippen molar-refractivity contribution in [1.82, 2.24) is 4.90 Å². The van der Waals surface area contributed by atoms with Crippen LogP contribution < -0.4 is 15.4 Å². The van der Waals surface area contributed by atoms with Gasteiger partial charge < -0.3 is 15.5 Å². The van der Waals surface area contributed by atoms with Crippen molar-refractivity contribution in [3.05, 3.63) is 90.0 Å². The highest BCUT2D eigenvalue weighted by Gasteiger charge is 2.28. The molecule has 8 heteroatoms. The maximum Gasteiger partial charge on any atom is 0.258 e. The molecule has 1 fully saturated rings. The van der Waals surface area contributed by atoms with Crippen LogP contribution in [-0.4, -0.2) is 44.6 Å². The fourth-order valence-corrected chi connectivity index (χ4v) is 5.77. The van der Waals surface area contributed by atoms with Gasteiger partial charge in [-0.15, -0.1) is 0 Å². The SMILES string of the molecule is O=C1Nc2ccccc2C1=C(Nc1ccc(NS(=O)(=O)CCN2CCCCC2)cc1)c1ccccc1. The Labute approximate surface area is 212 Å². The Morgan fingerprint density at radius 2 is 1.50 bits per heavy atom. The molecule has 0 unspecified atom stereocenters. The van der Waals surface area contributed by atoms with E-state index in [4.69, 9.17) is 0 Å². The molecule has 0 atom stereocenters. The number of piperidine rings is 1. The second-order valence-corrected chi connectivity index (χ2v) is 11.0. The van der Waals surface area contributed by atoms with Crippen LogP contribution in [0.2, 0.25) is 0 Å². The van der Waals surface area contributed by atoms with Crippen LogP contribution in [0.4, 0.5) is 17.1 Å². The van der Waals surface area contributed by atoms with E-state index in [-0.39, 0.29) is 11.7 Å². The molecule has 186 valence electrons. The normalized spacial score (nSPS) is 17.3. The minimum atomic E-state index is -3.44. The molecule has 3 aromatic rings. The molecular formula is C28H30N4O3S. The van der Waals surface area contributed by atoms with Crippen LogP contribution in [0.5, 0.6) is 0 Å². The van der Waals surface area contributed by atoms with E-state index in [1.54, 1.807) is 12.1 Å². The van der Waals surface area contributed by atoms with E-state index in [2.05, 4.69) is 20.3 Å². The third-order valence-electron chi connectivity index (χ3n) is 6.54. The van der Waals surface area contributed by atoms with E-state index in [1.165, 1.54) is 6.42 Å². The number of sulfonamides is 1. The molecule has 2 aliphatic heterocycles. The summed E-state index contributed by atoms with van der Waals surface area (Å²) in [6, 6.07) is 24.4. The number of fused-ring (bicyclic) bond motifs is 1. The van der Waals surface area contributed by atoms with Crippen molar-refractivity contribution in [2.45, 2.75) is 19.3 Å². The fourth-order valence-electron chi connectivity index (χ4n) is 4.68. The molecule has 7 nitrogen and oxygen atoms in total. The lowest BCUT2D eigenvalue weighted by atomic mass is 10.00. The van der Waals surface area contributed by atoms with Crippen molar-refractivity contribution in [2.24, 2.45) is 0 Å². The molecule has 3 aromatic carbocycles. The molecule has 2 aliphatic rings. The first-order valence-corrected chi connectivity index (χ1v) is 13.9. The molecule has 0 bridgehead atoms. The summed E-state index contributed by atoms with van der Waals surface area (Å²) in [5.74, 6) is -0.0909. The summed E-state index contributed by atoms with van der Waals surface area (Å²) in [5.41, 5.74) is 5.01. The zero-order valence-electron chi connectivity index (χ0n) is 20.0. The molecule has 1 amide bonds. The van der Waals surface area contributed by atoms with Crippen LogP contribution in [0.3, 0.4) is 0 Å². The molecule has 0 spiro atoms. The van der Waals surface area contributed by atoms with Gasteiger partial charge in [-0.25, -0.2) is 8.42 Å². The van der Waals surface area contributed by atoms with Gasteiger partial charge >= 0.3 is 0 Å². The van der Waals surface area contributed by atoms with Crippen LogP contribution in [0.15, 0.2) is 78.9 Å². The Hall–Kier alpha value is -3.62. The predicted molar refractivity (Wildman–Crippen MR) is 146 cm³/mol. The highest BCUT2D eigenvalue weighted by molar-refractivity contribution is 7.92. The molecule has 0 aromatic heterocycles. The summed E-state index contributed by atoms with van der Waals surface area (Å²) >= 11 is 0. The monoisotopic (exact) mass is 502 g/mol. The third-order valence-corrected chi connectivity index (χ3v) is 7.80. The Kier molecular flexibility index (Phi) is 7.06. The topological polar surface area (TPSA) is 90.5 Å². The Morgan fingerprint density at radius 3 is 2.25 bits per heavy atom. The van der Waals surface area contributed by atoms with E-state index in [0.717, 1.165) is 48.4 Å². The first-order chi connectivity index (χ1) is 17.5. The maximum absolute atomic E-state index is 12.9. The van der Waals surface area contributed by atoms with Crippen LogP contribution in [0.25, 0.3) is 11.3 Å². The molecule has 0 radical (unpaired) electrons. The number of carbonyl (C=O) groups is 1. The summed E-state index contributed by atoms with van der Waals surface area (Å²) in [4.78, 5) is 15.1. The zero-order chi connectivity index (χ0) is 25.0. The highest BCUT2D eigenvalue weighted by atomic mass is 32.2. The van der Waals surface area contributed by atoms with Gasteiger partial charge in [0.15, 0.2) is 0 Å². The largest absolute Gasteiger partial charge is 0.354 e. The van der Waals surface area contributed by atoms with Crippen LogP contribution in [0, 0.1) is 0 Å². The molecule has 5 rings (SSSR count). The lowest BCUT2D eigenvalue weighted by Gasteiger charge is -2.26. The molecule has 1 saturated heterocycles. The van der Waals surface area contributed by atoms with Gasteiger partial charge in [0.2, 0.25) is 10.0 Å². The predicted octanol–water partition coefficient (Wildman–Crippen LogP) is 4.85. The van der Waals surface area contributed by atoms with E-state index in [0.29, 0.717) is 23.5 Å². The minimum Gasteiger partial charge on any atom is -0.354 e. The van der Waals surface area contributed by atoms with Gasteiger partial charge in [0.1, 0.15) is 0 Å². The van der Waals surface area contributed by atoms with Gasteiger partial charge in [-0.2, -0.15) is 0 Å². The molecule has 0 saturated carbocycles. The minimum absolute atomic E-state index is 0.0752. The molecular weight excluding hydrogens is 472 g/mol. The van der Waals surface area contributed by atoms with Crippen molar-refractivity contribution >= 4 is 44.3 Å². The summed E-state index contributed by atoms with van der Waals surface area (Å²) in [6.07, 6.45) is 3.49. The number of nitrogens with one attached hydrogen (secondary N) is 3. The molecule has 36 heavy (non-hydrogen) atoms. The number of benzene rings is 3. The molecule has 3 N–H and O–H groups in total. The highest BCUT2D eigenvalue weighted by Crippen LogP contribution is 2.37. The first kappa shape index (κ1) is 24.1. The second-order valence-electron chi connectivity index (χ2n) is 9.14. The van der Waals surface area contributed by atoms with Crippen molar-refractivity contribution in [2.75, 3.05) is 40.7 Å². The van der Waals surface area contributed by atoms with Crippen LogP contribution in [-0.2, 0) is 14.8 Å². The van der Waals surface area contributed by atoms with Crippen molar-refractivity contribution in [1.29, 1.82) is 0 Å². The van der Waals surface area contributed by atoms with Gasteiger partial charge in [-0.3, -0.25) is 9.52 Å². The Bertz CT molecular complexity index is 1360. The zero-order valence-corrected chi connectivity index (χ0v) is 20.9. The average molecular weight is 503 g/mol. The number of nitrogens with zero attached hydrogens (tertiary/aromatic N) is 1. The van der Waals surface area contributed by atoms with E-state index in [9.17, 15) is 13.2 Å². The van der Waals surface area contributed by atoms with Crippen molar-refractivity contribution in [3.8, 4) is 0 Å². The number of carbonyl (C=O) groups excluding carboxylic acids is 1. The molecule has 0 aliphatic carbocycles. The fraction of sp³-hybridized carbons (Fsp3) is 0.250. The lowest BCUT2D eigenvalue weighted by molar-refractivity contribution is -0.110. The van der Waals surface area contributed by atoms with E-state index < -0.39 is 10.0 Å². The molecule has 2 heterocycles. The van der Waals surface area contributed by atoms with E-state index in [1.807, 2.05) is 66.7 Å². The quantitative estimate of drug-likeness (QED) is 0.383. The number of hydrogen-bond donors (Lipinski definition) is 3. The number of amides is 1. The third kappa shape index (κ3) is 5.61. The Balaban J connectivity index is 1.35. The number of likely N-dealkylation sites (tertiary alicyclic amines) is 1. The summed E-state index contributed by atoms with van der Waals surface area (Å²) < 4.78 is 27.9. The maximum atomic E-state index is 12.9. The van der Waals surface area contributed by atoms with Crippen LogP contribution >= 0.6 is 0 Å². The van der Waals surface area contributed by atoms with Gasteiger partial charge in [-0.05, 0) is 61.8 Å². The van der Waals surface area contributed by atoms with Crippen LogP contribution in [0.1, 0.15) is 30.4 Å². The number of rotatable bonds is 8. The van der Waals surface area contributed by atoms with Crippen molar-refractivity contribution < 1.29 is 13.2 Å². The second kappa shape index (κ2) is 10.6. The smallest absolute Gasteiger partial charge is 0.258 e. The number of hydrogen-bond acceptors (Lipinski definition) is 5. The Morgan fingerprint density at radius 1 is 0.833 bits per heavy atom. The lowest BCUT2D eigenvalue weighted by Crippen LogP contribution is -2.35. The average Bonchev–Trinajstić information content (AvgIpc) is 3.23. The van der Waals surface area contributed by atoms with E-state index >= 15 is 0 Å². The summed E-state index contributed by atoms with van der Waals surface area (Å²) in [7, 11) is -3.44.